The lowest BCUT2D eigenvalue weighted by molar-refractivity contribution is -0.120. The van der Waals surface area contributed by atoms with Gasteiger partial charge in [0, 0.05) is 25.7 Å². The highest BCUT2D eigenvalue weighted by atomic mass is 16.2. The van der Waals surface area contributed by atoms with Crippen LogP contribution in [0.15, 0.2) is 24.4 Å². The number of pyridine rings is 1. The fraction of sp³-hybridized carbons (Fsp3) is 0.679. The molecule has 0 spiro atoms. The van der Waals surface area contributed by atoms with E-state index in [0.29, 0.717) is 23.6 Å². The summed E-state index contributed by atoms with van der Waals surface area (Å²) in [6.45, 7) is 8.26. The molecule has 0 aromatic carbocycles. The van der Waals surface area contributed by atoms with Crippen LogP contribution in [-0.4, -0.2) is 39.2 Å². The largest absolute Gasteiger partial charge is 0.337 e. The van der Waals surface area contributed by atoms with E-state index in [1.165, 1.54) is 44.9 Å². The number of piperidine rings is 1. The first-order valence-electron chi connectivity index (χ1n) is 13.3. The Labute approximate surface area is 203 Å². The van der Waals surface area contributed by atoms with Gasteiger partial charge in [-0.3, -0.25) is 14.0 Å². The standard InChI is InChI=1S/C28H40N4O2/c1-4-20-14-21-8-6-12-28(15-20,16-21)17-25(33)30-24-10-5-9-23-29-22(18-32(23)24)26(34)31-13-7-11-27(2,3)19-31/h5,9-10,18,20-21H,4,6-8,11-17,19H2,1-3H3,(H,30,33). The van der Waals surface area contributed by atoms with Crippen LogP contribution in [0, 0.1) is 22.7 Å². The van der Waals surface area contributed by atoms with E-state index >= 15 is 0 Å². The molecule has 1 N–H and O–H groups in total. The number of rotatable bonds is 5. The number of likely N-dealkylation sites (tertiary alicyclic amines) is 1. The molecule has 0 radical (unpaired) electrons. The molecule has 3 fully saturated rings. The number of nitrogens with zero attached hydrogens (tertiary/aromatic N) is 3. The summed E-state index contributed by atoms with van der Waals surface area (Å²) >= 11 is 0. The van der Waals surface area contributed by atoms with Crippen molar-refractivity contribution >= 4 is 23.3 Å². The van der Waals surface area contributed by atoms with E-state index in [2.05, 4.69) is 31.1 Å². The number of imidazole rings is 1. The molecule has 6 heteroatoms. The number of carbonyl (C=O) groups is 2. The lowest BCUT2D eigenvalue weighted by atomic mass is 9.57. The van der Waals surface area contributed by atoms with Crippen molar-refractivity contribution in [3.05, 3.63) is 30.1 Å². The molecule has 3 unspecified atom stereocenters. The summed E-state index contributed by atoms with van der Waals surface area (Å²) in [6.07, 6.45) is 13.3. The van der Waals surface area contributed by atoms with Crippen LogP contribution in [0.4, 0.5) is 5.82 Å². The lowest BCUT2D eigenvalue weighted by Crippen LogP contribution is -2.43. The molecule has 2 bridgehead atoms. The van der Waals surface area contributed by atoms with Gasteiger partial charge in [-0.2, -0.15) is 0 Å². The Kier molecular flexibility index (Phi) is 6.19. The molecule has 5 rings (SSSR count). The van der Waals surface area contributed by atoms with Gasteiger partial charge in [-0.25, -0.2) is 4.98 Å². The third-order valence-electron chi connectivity index (χ3n) is 8.71. The Morgan fingerprint density at radius 1 is 1.18 bits per heavy atom. The van der Waals surface area contributed by atoms with Gasteiger partial charge >= 0.3 is 0 Å². The minimum absolute atomic E-state index is 0.0197. The molecule has 2 amide bonds. The molecule has 2 saturated carbocycles. The Bertz CT molecular complexity index is 1070. The quantitative estimate of drug-likeness (QED) is 0.597. The van der Waals surface area contributed by atoms with Crippen LogP contribution in [0.3, 0.4) is 0 Å². The van der Waals surface area contributed by atoms with Crippen molar-refractivity contribution < 1.29 is 9.59 Å². The Balaban J connectivity index is 1.32. The van der Waals surface area contributed by atoms with Crippen molar-refractivity contribution in [1.82, 2.24) is 14.3 Å². The molecular formula is C28H40N4O2. The molecule has 184 valence electrons. The van der Waals surface area contributed by atoms with Crippen LogP contribution in [0.25, 0.3) is 5.65 Å². The molecule has 6 nitrogen and oxygen atoms in total. The number of fused-ring (bicyclic) bond motifs is 3. The number of amides is 2. The van der Waals surface area contributed by atoms with E-state index in [-0.39, 0.29) is 22.6 Å². The van der Waals surface area contributed by atoms with Gasteiger partial charge in [0.25, 0.3) is 5.91 Å². The highest BCUT2D eigenvalue weighted by molar-refractivity contribution is 5.94. The Morgan fingerprint density at radius 2 is 2.03 bits per heavy atom. The van der Waals surface area contributed by atoms with Crippen molar-refractivity contribution in [3.8, 4) is 0 Å². The van der Waals surface area contributed by atoms with Gasteiger partial charge < -0.3 is 10.2 Å². The van der Waals surface area contributed by atoms with Gasteiger partial charge in [-0.05, 0) is 73.3 Å². The Hall–Kier alpha value is -2.37. The molecular weight excluding hydrogens is 424 g/mol. The number of anilines is 1. The first-order chi connectivity index (χ1) is 16.3. The molecule has 3 atom stereocenters. The third kappa shape index (κ3) is 4.73. The average molecular weight is 465 g/mol. The van der Waals surface area contributed by atoms with Crippen LogP contribution >= 0.6 is 0 Å². The van der Waals surface area contributed by atoms with Crippen LogP contribution in [0.5, 0.6) is 0 Å². The summed E-state index contributed by atoms with van der Waals surface area (Å²) in [6, 6.07) is 5.70. The molecule has 1 aliphatic heterocycles. The summed E-state index contributed by atoms with van der Waals surface area (Å²) in [5.74, 6) is 2.32. The van der Waals surface area contributed by atoms with Crippen LogP contribution in [0.1, 0.15) is 95.5 Å². The van der Waals surface area contributed by atoms with Crippen molar-refractivity contribution in [3.63, 3.8) is 0 Å². The zero-order chi connectivity index (χ0) is 23.9. The van der Waals surface area contributed by atoms with E-state index in [1.807, 2.05) is 27.5 Å². The van der Waals surface area contributed by atoms with Crippen molar-refractivity contribution in [2.75, 3.05) is 18.4 Å². The smallest absolute Gasteiger partial charge is 0.274 e. The van der Waals surface area contributed by atoms with E-state index < -0.39 is 0 Å². The van der Waals surface area contributed by atoms with Crippen molar-refractivity contribution in [1.29, 1.82) is 0 Å². The van der Waals surface area contributed by atoms with E-state index in [0.717, 1.165) is 37.8 Å². The fourth-order valence-corrected chi connectivity index (χ4v) is 7.18. The summed E-state index contributed by atoms with van der Waals surface area (Å²) in [5.41, 5.74) is 1.44. The van der Waals surface area contributed by atoms with Gasteiger partial charge in [-0.1, -0.05) is 46.1 Å². The van der Waals surface area contributed by atoms with Gasteiger partial charge in [0.1, 0.15) is 17.2 Å². The highest BCUT2D eigenvalue weighted by Crippen LogP contribution is 2.53. The molecule has 34 heavy (non-hydrogen) atoms. The number of nitrogens with one attached hydrogen (secondary N) is 1. The first kappa shape index (κ1) is 23.4. The number of carbonyl (C=O) groups excluding carboxylic acids is 2. The van der Waals surface area contributed by atoms with Gasteiger partial charge in [0.2, 0.25) is 5.91 Å². The number of hydrogen-bond acceptors (Lipinski definition) is 3. The van der Waals surface area contributed by atoms with Gasteiger partial charge in [0.15, 0.2) is 0 Å². The third-order valence-corrected chi connectivity index (χ3v) is 8.71. The summed E-state index contributed by atoms with van der Waals surface area (Å²) in [7, 11) is 0. The maximum absolute atomic E-state index is 13.3. The highest BCUT2D eigenvalue weighted by Gasteiger charge is 2.43. The number of hydrogen-bond donors (Lipinski definition) is 1. The van der Waals surface area contributed by atoms with Crippen molar-refractivity contribution in [2.24, 2.45) is 22.7 Å². The van der Waals surface area contributed by atoms with E-state index in [9.17, 15) is 9.59 Å². The zero-order valence-electron chi connectivity index (χ0n) is 21.1. The minimum Gasteiger partial charge on any atom is -0.337 e. The van der Waals surface area contributed by atoms with E-state index in [4.69, 9.17) is 0 Å². The van der Waals surface area contributed by atoms with Crippen LogP contribution < -0.4 is 5.32 Å². The second kappa shape index (κ2) is 9.01. The Morgan fingerprint density at radius 3 is 2.82 bits per heavy atom. The lowest BCUT2D eigenvalue weighted by Gasteiger charge is -2.48. The zero-order valence-corrected chi connectivity index (χ0v) is 21.1. The fourth-order valence-electron chi connectivity index (χ4n) is 7.18. The van der Waals surface area contributed by atoms with Crippen molar-refractivity contribution in [2.45, 2.75) is 85.0 Å². The monoisotopic (exact) mass is 464 g/mol. The molecule has 3 heterocycles. The molecule has 1 saturated heterocycles. The van der Waals surface area contributed by atoms with Crippen LogP contribution in [0.2, 0.25) is 0 Å². The second-order valence-electron chi connectivity index (χ2n) is 12.2. The average Bonchev–Trinajstić information content (AvgIpc) is 3.22. The van der Waals surface area contributed by atoms with E-state index in [1.54, 1.807) is 6.20 Å². The molecule has 3 aliphatic rings. The van der Waals surface area contributed by atoms with Gasteiger partial charge in [0.05, 0.1) is 0 Å². The maximum atomic E-state index is 13.3. The first-order valence-corrected chi connectivity index (χ1v) is 13.3. The summed E-state index contributed by atoms with van der Waals surface area (Å²) in [5, 5.41) is 3.17. The van der Waals surface area contributed by atoms with Crippen LogP contribution in [-0.2, 0) is 4.79 Å². The minimum atomic E-state index is -0.0197. The molecule has 2 aliphatic carbocycles. The predicted molar refractivity (Wildman–Crippen MR) is 135 cm³/mol. The molecule has 2 aromatic rings. The number of aromatic nitrogens is 2. The maximum Gasteiger partial charge on any atom is 0.274 e. The molecule has 2 aromatic heterocycles. The second-order valence-corrected chi connectivity index (χ2v) is 12.2. The predicted octanol–water partition coefficient (Wildman–Crippen LogP) is 5.92. The summed E-state index contributed by atoms with van der Waals surface area (Å²) < 4.78 is 1.86. The SMILES string of the molecule is CCC1CC2CCCC(CC(=O)Nc3cccc4nc(C(=O)N5CCCC(C)(C)C5)cn34)(C1)C2. The topological polar surface area (TPSA) is 66.7 Å². The summed E-state index contributed by atoms with van der Waals surface area (Å²) in [4.78, 5) is 33.0. The normalized spacial score (nSPS) is 28.6. The van der Waals surface area contributed by atoms with Gasteiger partial charge in [-0.15, -0.1) is 0 Å².